The van der Waals surface area contributed by atoms with Crippen LogP contribution < -0.4 is 0 Å². The monoisotopic (exact) mass is 352 g/mol. The van der Waals surface area contributed by atoms with Crippen LogP contribution in [0.5, 0.6) is 0 Å². The van der Waals surface area contributed by atoms with E-state index in [2.05, 4.69) is 0 Å². The second kappa shape index (κ2) is 6.56. The van der Waals surface area contributed by atoms with Crippen molar-refractivity contribution in [1.82, 2.24) is 9.80 Å². The summed E-state index contributed by atoms with van der Waals surface area (Å²) in [6, 6.07) is 0. The van der Waals surface area contributed by atoms with Crippen LogP contribution in [0.15, 0.2) is 0 Å². The zero-order chi connectivity index (χ0) is 19.0. The van der Waals surface area contributed by atoms with Gasteiger partial charge in [-0.1, -0.05) is 0 Å². The molecule has 138 valence electrons. The molecule has 23 heavy (non-hydrogen) atoms. The number of carbonyl (C=O) groups excluding carboxylic acids is 1. The van der Waals surface area contributed by atoms with Crippen molar-refractivity contribution in [1.29, 1.82) is 0 Å². The number of ether oxygens (including phenoxy) is 1. The average molecular weight is 352 g/mol. The Kier molecular flexibility index (Phi) is 6.31. The first-order chi connectivity index (χ1) is 9.97. The number of halogens is 6. The maximum atomic E-state index is 12.9. The van der Waals surface area contributed by atoms with E-state index in [-0.39, 0.29) is 0 Å². The van der Waals surface area contributed by atoms with Crippen molar-refractivity contribution in [3.8, 4) is 0 Å². The first-order valence-electron chi connectivity index (χ1n) is 6.55. The molecule has 0 saturated heterocycles. The standard InChI is InChI=1S/C13H22F6N2O2/c1-10(2,13(23-7,20(3)4)21(5)6)9(22)8(11(14,15)16)12(17,18)19/h8H,1-7H3. The number of rotatable bonds is 6. The van der Waals surface area contributed by atoms with Gasteiger partial charge in [0.05, 0.1) is 5.41 Å². The van der Waals surface area contributed by atoms with Gasteiger partial charge in [0, 0.05) is 7.11 Å². The van der Waals surface area contributed by atoms with Gasteiger partial charge in [-0.15, -0.1) is 0 Å². The van der Waals surface area contributed by atoms with Crippen LogP contribution in [0.25, 0.3) is 0 Å². The number of Topliss-reactive ketones (excluding diaryl/α,β-unsaturated/α-hetero) is 1. The Morgan fingerprint density at radius 2 is 1.17 bits per heavy atom. The van der Waals surface area contributed by atoms with Crippen LogP contribution in [0, 0.1) is 11.3 Å². The van der Waals surface area contributed by atoms with Crippen molar-refractivity contribution >= 4 is 5.78 Å². The Bertz CT molecular complexity index is 407. The molecule has 0 amide bonds. The zero-order valence-electron chi connectivity index (χ0n) is 14.1. The molecule has 0 heterocycles. The summed E-state index contributed by atoms with van der Waals surface area (Å²) in [5.41, 5.74) is -2.15. The summed E-state index contributed by atoms with van der Waals surface area (Å²) in [6.45, 7) is 2.01. The van der Waals surface area contributed by atoms with Gasteiger partial charge >= 0.3 is 12.4 Å². The minimum absolute atomic E-state index is 1.00. The lowest BCUT2D eigenvalue weighted by Crippen LogP contribution is -2.69. The van der Waals surface area contributed by atoms with Crippen molar-refractivity contribution in [2.45, 2.75) is 32.0 Å². The molecule has 0 fully saturated rings. The van der Waals surface area contributed by atoms with Gasteiger partial charge in [0.2, 0.25) is 5.92 Å². The van der Waals surface area contributed by atoms with E-state index in [4.69, 9.17) is 4.74 Å². The molecule has 10 heteroatoms. The average Bonchev–Trinajstić information content (AvgIpc) is 2.24. The van der Waals surface area contributed by atoms with E-state index in [9.17, 15) is 31.1 Å². The van der Waals surface area contributed by atoms with Crippen molar-refractivity contribution in [3.63, 3.8) is 0 Å². The number of carbonyl (C=O) groups is 1. The van der Waals surface area contributed by atoms with Crippen LogP contribution >= 0.6 is 0 Å². The highest BCUT2D eigenvalue weighted by Crippen LogP contribution is 2.48. The van der Waals surface area contributed by atoms with Crippen LogP contribution in [-0.2, 0) is 9.53 Å². The molecule has 0 atom stereocenters. The number of ketones is 1. The molecule has 0 saturated carbocycles. The summed E-state index contributed by atoms with van der Waals surface area (Å²) >= 11 is 0. The van der Waals surface area contributed by atoms with Crippen molar-refractivity contribution in [3.05, 3.63) is 0 Å². The SMILES string of the molecule is COC(N(C)C)(N(C)C)C(C)(C)C(=O)C(C(F)(F)F)C(F)(F)F. The molecule has 0 N–H and O–H groups in total. The summed E-state index contributed by atoms with van der Waals surface area (Å²) in [6.07, 6.45) is -11.5. The fourth-order valence-electron chi connectivity index (χ4n) is 3.14. The number of hydrogen-bond acceptors (Lipinski definition) is 4. The Labute approximate surface area is 131 Å². The Hall–Kier alpha value is -0.870. The summed E-state index contributed by atoms with van der Waals surface area (Å²) in [5, 5.41) is 0. The minimum atomic E-state index is -5.75. The molecule has 0 aromatic rings. The zero-order valence-corrected chi connectivity index (χ0v) is 14.1. The molecule has 0 aliphatic carbocycles. The molecule has 0 aliphatic heterocycles. The molecule has 0 spiro atoms. The van der Waals surface area contributed by atoms with Crippen molar-refractivity contribution in [2.75, 3.05) is 35.3 Å². The number of hydrogen-bond donors (Lipinski definition) is 0. The van der Waals surface area contributed by atoms with E-state index in [1.165, 1.54) is 38.0 Å². The third kappa shape index (κ3) is 3.80. The van der Waals surface area contributed by atoms with Gasteiger partial charge in [-0.2, -0.15) is 26.3 Å². The van der Waals surface area contributed by atoms with Crippen LogP contribution in [0.2, 0.25) is 0 Å². The van der Waals surface area contributed by atoms with E-state index in [1.807, 2.05) is 0 Å². The van der Waals surface area contributed by atoms with Crippen LogP contribution in [0.4, 0.5) is 26.3 Å². The Morgan fingerprint density at radius 1 is 0.870 bits per heavy atom. The lowest BCUT2D eigenvalue weighted by Gasteiger charge is -2.53. The van der Waals surface area contributed by atoms with Crippen molar-refractivity contribution in [2.24, 2.45) is 11.3 Å². The first kappa shape index (κ1) is 22.1. The van der Waals surface area contributed by atoms with Crippen LogP contribution in [-0.4, -0.2) is 69.1 Å². The van der Waals surface area contributed by atoms with Gasteiger partial charge in [0.25, 0.3) is 0 Å². The van der Waals surface area contributed by atoms with E-state index < -0.39 is 35.3 Å². The predicted molar refractivity (Wildman–Crippen MR) is 71.5 cm³/mol. The minimum Gasteiger partial charge on any atom is -0.349 e. The van der Waals surface area contributed by atoms with Crippen LogP contribution in [0.3, 0.4) is 0 Å². The number of alkyl halides is 6. The summed E-state index contributed by atoms with van der Waals surface area (Å²) in [7, 11) is 6.71. The molecule has 0 aromatic heterocycles. The normalized spacial score (nSPS) is 15.0. The molecular weight excluding hydrogens is 330 g/mol. The third-order valence-corrected chi connectivity index (χ3v) is 3.84. The molecular formula is C13H22F6N2O2. The smallest absolute Gasteiger partial charge is 0.349 e. The lowest BCUT2D eigenvalue weighted by atomic mass is 9.74. The molecule has 0 rings (SSSR count). The molecule has 0 bridgehead atoms. The Balaban J connectivity index is 6.30. The topological polar surface area (TPSA) is 32.8 Å². The summed E-state index contributed by atoms with van der Waals surface area (Å²) in [5.74, 6) is -7.90. The van der Waals surface area contributed by atoms with Gasteiger partial charge in [-0.3, -0.25) is 14.6 Å². The van der Waals surface area contributed by atoms with Crippen LogP contribution in [0.1, 0.15) is 13.8 Å². The maximum absolute atomic E-state index is 12.9. The molecule has 0 aromatic carbocycles. The van der Waals surface area contributed by atoms with Gasteiger partial charge in [-0.05, 0) is 42.0 Å². The highest BCUT2D eigenvalue weighted by Gasteiger charge is 2.67. The third-order valence-electron chi connectivity index (χ3n) is 3.84. The second-order valence-corrected chi connectivity index (χ2v) is 6.11. The predicted octanol–water partition coefficient (Wildman–Crippen LogP) is 2.75. The van der Waals surface area contributed by atoms with Crippen molar-refractivity contribution < 1.29 is 35.9 Å². The van der Waals surface area contributed by atoms with Gasteiger partial charge in [0.15, 0.2) is 11.6 Å². The summed E-state index contributed by atoms with van der Waals surface area (Å²) < 4.78 is 82.5. The highest BCUT2D eigenvalue weighted by molar-refractivity contribution is 5.88. The van der Waals surface area contributed by atoms with E-state index in [1.54, 1.807) is 0 Å². The van der Waals surface area contributed by atoms with Gasteiger partial charge in [0.1, 0.15) is 0 Å². The van der Waals surface area contributed by atoms with Gasteiger partial charge < -0.3 is 4.74 Å². The number of methoxy groups -OCH3 is 1. The molecule has 0 radical (unpaired) electrons. The van der Waals surface area contributed by atoms with E-state index in [0.29, 0.717) is 0 Å². The molecule has 4 nitrogen and oxygen atoms in total. The summed E-state index contributed by atoms with van der Waals surface area (Å²) in [4.78, 5) is 14.8. The molecule has 0 aliphatic rings. The number of nitrogens with zero attached hydrogens (tertiary/aromatic N) is 2. The maximum Gasteiger partial charge on any atom is 0.407 e. The molecule has 0 unspecified atom stereocenters. The fourth-order valence-corrected chi connectivity index (χ4v) is 3.14. The first-order valence-corrected chi connectivity index (χ1v) is 6.55. The largest absolute Gasteiger partial charge is 0.407 e. The van der Waals surface area contributed by atoms with Gasteiger partial charge in [-0.25, -0.2) is 0 Å². The quantitative estimate of drug-likeness (QED) is 0.544. The lowest BCUT2D eigenvalue weighted by molar-refractivity contribution is -0.294. The highest BCUT2D eigenvalue weighted by atomic mass is 19.4. The second-order valence-electron chi connectivity index (χ2n) is 6.11. The van der Waals surface area contributed by atoms with E-state index >= 15 is 0 Å². The fraction of sp³-hybridized carbons (Fsp3) is 0.923. The Morgan fingerprint density at radius 3 is 1.35 bits per heavy atom. The van der Waals surface area contributed by atoms with E-state index in [0.717, 1.165) is 21.0 Å².